The standard InChI is InChI=1S/C9H16F3N3O/c10-9(11,12)6-14-7(16)15-8(5-13)3-1-2-4-8/h1-6,13H2,(H2,14,15,16). The Bertz CT molecular complexity index is 249. The molecule has 0 aliphatic heterocycles. The van der Waals surface area contributed by atoms with Gasteiger partial charge in [-0.1, -0.05) is 12.8 Å². The SMILES string of the molecule is NCC1(NC(=O)NCC(F)(F)F)CCCC1. The third-order valence-corrected chi connectivity index (χ3v) is 2.78. The molecule has 16 heavy (non-hydrogen) atoms. The third-order valence-electron chi connectivity index (χ3n) is 2.78. The number of carbonyl (C=O) groups is 1. The van der Waals surface area contributed by atoms with Crippen LogP contribution in [0.15, 0.2) is 0 Å². The Morgan fingerprint density at radius 1 is 1.31 bits per heavy atom. The number of halogens is 3. The fourth-order valence-corrected chi connectivity index (χ4v) is 1.90. The Labute approximate surface area is 91.8 Å². The van der Waals surface area contributed by atoms with Crippen molar-refractivity contribution >= 4 is 6.03 Å². The molecule has 1 rings (SSSR count). The highest BCUT2D eigenvalue weighted by molar-refractivity contribution is 5.74. The van der Waals surface area contributed by atoms with E-state index in [1.807, 2.05) is 0 Å². The van der Waals surface area contributed by atoms with Crippen molar-refractivity contribution in [2.24, 2.45) is 5.73 Å². The maximum absolute atomic E-state index is 11.8. The second-order valence-electron chi connectivity index (χ2n) is 4.11. The zero-order valence-electron chi connectivity index (χ0n) is 8.86. The van der Waals surface area contributed by atoms with Gasteiger partial charge in [0.15, 0.2) is 0 Å². The monoisotopic (exact) mass is 239 g/mol. The van der Waals surface area contributed by atoms with E-state index in [0.29, 0.717) is 0 Å². The molecule has 0 saturated heterocycles. The average molecular weight is 239 g/mol. The summed E-state index contributed by atoms with van der Waals surface area (Å²) in [4.78, 5) is 11.2. The van der Waals surface area contributed by atoms with E-state index in [2.05, 4.69) is 5.32 Å². The van der Waals surface area contributed by atoms with Crippen molar-refractivity contribution in [3.05, 3.63) is 0 Å². The molecule has 1 fully saturated rings. The van der Waals surface area contributed by atoms with Gasteiger partial charge in [-0.15, -0.1) is 0 Å². The predicted octanol–water partition coefficient (Wildman–Crippen LogP) is 1.12. The summed E-state index contributed by atoms with van der Waals surface area (Å²) < 4.78 is 35.5. The summed E-state index contributed by atoms with van der Waals surface area (Å²) in [6, 6.07) is -0.801. The number of carbonyl (C=O) groups excluding carboxylic acids is 1. The van der Waals surface area contributed by atoms with Gasteiger partial charge in [0.05, 0.1) is 5.54 Å². The van der Waals surface area contributed by atoms with Crippen LogP contribution in [0.1, 0.15) is 25.7 Å². The topological polar surface area (TPSA) is 67.1 Å². The molecule has 0 aromatic heterocycles. The van der Waals surface area contributed by atoms with Crippen LogP contribution >= 0.6 is 0 Å². The number of hydrogen-bond donors (Lipinski definition) is 3. The summed E-state index contributed by atoms with van der Waals surface area (Å²) in [6.07, 6.45) is -1.05. The van der Waals surface area contributed by atoms with Crippen molar-refractivity contribution in [3.8, 4) is 0 Å². The minimum absolute atomic E-state index is 0.256. The van der Waals surface area contributed by atoms with Crippen LogP contribution in [0, 0.1) is 0 Å². The molecule has 94 valence electrons. The van der Waals surface area contributed by atoms with Crippen LogP contribution in [-0.2, 0) is 0 Å². The summed E-state index contributed by atoms with van der Waals surface area (Å²) >= 11 is 0. The third kappa shape index (κ3) is 3.88. The molecule has 0 aromatic rings. The normalized spacial score (nSPS) is 19.5. The highest BCUT2D eigenvalue weighted by Crippen LogP contribution is 2.28. The number of hydrogen-bond acceptors (Lipinski definition) is 2. The molecule has 1 aliphatic rings. The van der Waals surface area contributed by atoms with Crippen LogP contribution in [0.3, 0.4) is 0 Å². The summed E-state index contributed by atoms with van der Waals surface area (Å²) in [5.74, 6) is 0. The Morgan fingerprint density at radius 3 is 2.31 bits per heavy atom. The highest BCUT2D eigenvalue weighted by Gasteiger charge is 2.35. The fraction of sp³-hybridized carbons (Fsp3) is 0.889. The molecule has 0 atom stereocenters. The quantitative estimate of drug-likeness (QED) is 0.691. The van der Waals surface area contributed by atoms with E-state index in [9.17, 15) is 18.0 Å². The number of alkyl halides is 3. The number of nitrogens with two attached hydrogens (primary N) is 1. The molecule has 0 spiro atoms. The summed E-state index contributed by atoms with van der Waals surface area (Å²) in [6.45, 7) is -1.06. The van der Waals surface area contributed by atoms with E-state index >= 15 is 0 Å². The van der Waals surface area contributed by atoms with Gasteiger partial charge in [0.25, 0.3) is 0 Å². The maximum Gasteiger partial charge on any atom is 0.405 e. The zero-order valence-corrected chi connectivity index (χ0v) is 8.86. The van der Waals surface area contributed by atoms with Gasteiger partial charge in [-0.25, -0.2) is 4.79 Å². The van der Waals surface area contributed by atoms with Crippen molar-refractivity contribution in [2.45, 2.75) is 37.4 Å². The minimum atomic E-state index is -4.39. The molecule has 0 aromatic carbocycles. The second kappa shape index (κ2) is 4.90. The molecule has 1 saturated carbocycles. The molecular weight excluding hydrogens is 223 g/mol. The summed E-state index contributed by atoms with van der Waals surface area (Å²) in [5.41, 5.74) is 5.02. The average Bonchev–Trinajstić information content (AvgIpc) is 2.63. The first-order valence-electron chi connectivity index (χ1n) is 5.20. The molecule has 0 heterocycles. The van der Waals surface area contributed by atoms with Gasteiger partial charge in [-0.3, -0.25) is 0 Å². The molecule has 0 unspecified atom stereocenters. The van der Waals surface area contributed by atoms with Crippen LogP contribution in [0.2, 0.25) is 0 Å². The van der Waals surface area contributed by atoms with Gasteiger partial charge in [-0.05, 0) is 12.8 Å². The lowest BCUT2D eigenvalue weighted by atomic mass is 9.98. The number of nitrogens with one attached hydrogen (secondary N) is 2. The second-order valence-corrected chi connectivity index (χ2v) is 4.11. The first kappa shape index (κ1) is 13.1. The van der Waals surface area contributed by atoms with Crippen LogP contribution in [0.4, 0.5) is 18.0 Å². The van der Waals surface area contributed by atoms with Crippen LogP contribution < -0.4 is 16.4 Å². The minimum Gasteiger partial charge on any atom is -0.331 e. The van der Waals surface area contributed by atoms with Gasteiger partial charge < -0.3 is 16.4 Å². The Hall–Kier alpha value is -0.980. The van der Waals surface area contributed by atoms with Crippen molar-refractivity contribution in [2.75, 3.05) is 13.1 Å². The number of rotatable bonds is 3. The Morgan fingerprint density at radius 2 is 1.88 bits per heavy atom. The van der Waals surface area contributed by atoms with Crippen molar-refractivity contribution in [3.63, 3.8) is 0 Å². The van der Waals surface area contributed by atoms with Gasteiger partial charge >= 0.3 is 12.2 Å². The van der Waals surface area contributed by atoms with E-state index in [-0.39, 0.29) is 6.54 Å². The largest absolute Gasteiger partial charge is 0.405 e. The number of amides is 2. The Balaban J connectivity index is 2.38. The lowest BCUT2D eigenvalue weighted by Gasteiger charge is -2.28. The summed E-state index contributed by atoms with van der Waals surface area (Å²) in [5, 5.41) is 4.32. The zero-order chi connectivity index (χ0) is 12.2. The molecule has 7 heteroatoms. The van der Waals surface area contributed by atoms with E-state index in [0.717, 1.165) is 25.7 Å². The molecule has 0 radical (unpaired) electrons. The molecule has 1 aliphatic carbocycles. The van der Waals surface area contributed by atoms with Crippen LogP contribution in [-0.4, -0.2) is 30.8 Å². The molecule has 0 bridgehead atoms. The Kier molecular flexibility index (Phi) is 4.01. The van der Waals surface area contributed by atoms with Crippen molar-refractivity contribution in [1.29, 1.82) is 0 Å². The van der Waals surface area contributed by atoms with E-state index in [4.69, 9.17) is 5.73 Å². The van der Waals surface area contributed by atoms with Crippen molar-refractivity contribution in [1.82, 2.24) is 10.6 Å². The molecular formula is C9H16F3N3O. The van der Waals surface area contributed by atoms with Crippen LogP contribution in [0.25, 0.3) is 0 Å². The maximum atomic E-state index is 11.8. The van der Waals surface area contributed by atoms with E-state index in [1.165, 1.54) is 0 Å². The van der Waals surface area contributed by atoms with Crippen LogP contribution in [0.5, 0.6) is 0 Å². The molecule has 2 amide bonds. The highest BCUT2D eigenvalue weighted by atomic mass is 19.4. The van der Waals surface area contributed by atoms with Gasteiger partial charge in [0, 0.05) is 6.54 Å². The molecule has 4 nitrogen and oxygen atoms in total. The smallest absolute Gasteiger partial charge is 0.331 e. The molecule has 4 N–H and O–H groups in total. The summed E-state index contributed by atoms with van der Waals surface area (Å²) in [7, 11) is 0. The van der Waals surface area contributed by atoms with E-state index in [1.54, 1.807) is 5.32 Å². The number of urea groups is 1. The fourth-order valence-electron chi connectivity index (χ4n) is 1.90. The predicted molar refractivity (Wildman–Crippen MR) is 52.8 cm³/mol. The van der Waals surface area contributed by atoms with Crippen molar-refractivity contribution < 1.29 is 18.0 Å². The first-order chi connectivity index (χ1) is 7.37. The first-order valence-corrected chi connectivity index (χ1v) is 5.20. The lowest BCUT2D eigenvalue weighted by Crippen LogP contribution is -2.55. The van der Waals surface area contributed by atoms with Gasteiger partial charge in [0.1, 0.15) is 6.54 Å². The van der Waals surface area contributed by atoms with E-state index < -0.39 is 24.3 Å². The van der Waals surface area contributed by atoms with Gasteiger partial charge in [0.2, 0.25) is 0 Å². The van der Waals surface area contributed by atoms with Gasteiger partial charge in [-0.2, -0.15) is 13.2 Å². The lowest BCUT2D eigenvalue weighted by molar-refractivity contribution is -0.122.